The van der Waals surface area contributed by atoms with Gasteiger partial charge < -0.3 is 5.32 Å². The van der Waals surface area contributed by atoms with Crippen molar-refractivity contribution < 1.29 is 4.79 Å². The van der Waals surface area contributed by atoms with E-state index in [4.69, 9.17) is 0 Å². The molecule has 0 fully saturated rings. The first-order valence-electron chi connectivity index (χ1n) is 3.51. The standard InChI is InChI=1S/C8H15NO/c1-5-7(4)8(10)9-6(2)3/h5-7H,1H2,2-4H3,(H,9,10). The highest BCUT2D eigenvalue weighted by Crippen LogP contribution is 1.95. The summed E-state index contributed by atoms with van der Waals surface area (Å²) >= 11 is 0. The van der Waals surface area contributed by atoms with Crippen LogP contribution >= 0.6 is 0 Å². The van der Waals surface area contributed by atoms with Gasteiger partial charge in [0.05, 0.1) is 5.92 Å². The molecule has 0 aliphatic carbocycles. The smallest absolute Gasteiger partial charge is 0.226 e. The third-order valence-corrected chi connectivity index (χ3v) is 1.20. The summed E-state index contributed by atoms with van der Waals surface area (Å²) in [6.45, 7) is 9.23. The molecule has 2 nitrogen and oxygen atoms in total. The lowest BCUT2D eigenvalue weighted by atomic mass is 10.1. The fraction of sp³-hybridized carbons (Fsp3) is 0.625. The molecular formula is C8H15NO. The van der Waals surface area contributed by atoms with Crippen LogP contribution in [0.5, 0.6) is 0 Å². The predicted molar refractivity (Wildman–Crippen MR) is 42.6 cm³/mol. The number of hydrogen-bond donors (Lipinski definition) is 1. The Morgan fingerprint density at radius 2 is 2.00 bits per heavy atom. The second-order valence-electron chi connectivity index (χ2n) is 2.69. The van der Waals surface area contributed by atoms with Crippen LogP contribution in [0.3, 0.4) is 0 Å². The van der Waals surface area contributed by atoms with Crippen molar-refractivity contribution in [3.05, 3.63) is 12.7 Å². The molecule has 0 radical (unpaired) electrons. The molecule has 0 aliphatic heterocycles. The second kappa shape index (κ2) is 4.09. The first kappa shape index (κ1) is 9.21. The van der Waals surface area contributed by atoms with Crippen LogP contribution in [0, 0.1) is 5.92 Å². The molecule has 0 saturated carbocycles. The van der Waals surface area contributed by atoms with Crippen molar-refractivity contribution in [1.29, 1.82) is 0 Å². The molecule has 2 heteroatoms. The molecule has 0 aromatic carbocycles. The van der Waals surface area contributed by atoms with Gasteiger partial charge in [-0.2, -0.15) is 0 Å². The Hall–Kier alpha value is -0.790. The van der Waals surface area contributed by atoms with Gasteiger partial charge >= 0.3 is 0 Å². The van der Waals surface area contributed by atoms with Crippen LogP contribution in [0.25, 0.3) is 0 Å². The molecule has 1 unspecified atom stereocenters. The fourth-order valence-electron chi connectivity index (χ4n) is 0.523. The largest absolute Gasteiger partial charge is 0.353 e. The van der Waals surface area contributed by atoms with Gasteiger partial charge in [-0.1, -0.05) is 13.0 Å². The maximum absolute atomic E-state index is 11.0. The quantitative estimate of drug-likeness (QED) is 0.590. The van der Waals surface area contributed by atoms with Gasteiger partial charge in [-0.05, 0) is 13.8 Å². The number of rotatable bonds is 3. The summed E-state index contributed by atoms with van der Waals surface area (Å²) in [7, 11) is 0. The SMILES string of the molecule is C=CC(C)C(=O)NC(C)C. The molecule has 10 heavy (non-hydrogen) atoms. The zero-order chi connectivity index (χ0) is 8.15. The van der Waals surface area contributed by atoms with Gasteiger partial charge in [0.25, 0.3) is 0 Å². The van der Waals surface area contributed by atoms with Crippen LogP contribution in [-0.2, 0) is 4.79 Å². The van der Waals surface area contributed by atoms with Crippen molar-refractivity contribution in [1.82, 2.24) is 5.32 Å². The third kappa shape index (κ3) is 3.28. The minimum absolute atomic E-state index is 0.0463. The summed E-state index contributed by atoms with van der Waals surface area (Å²) in [5, 5.41) is 2.78. The monoisotopic (exact) mass is 141 g/mol. The van der Waals surface area contributed by atoms with Crippen molar-refractivity contribution in [3.8, 4) is 0 Å². The fourth-order valence-corrected chi connectivity index (χ4v) is 0.523. The molecule has 0 aromatic rings. The molecule has 0 rings (SSSR count). The number of carbonyl (C=O) groups excluding carboxylic acids is 1. The lowest BCUT2D eigenvalue weighted by Crippen LogP contribution is -2.33. The highest BCUT2D eigenvalue weighted by molar-refractivity contribution is 5.80. The van der Waals surface area contributed by atoms with Gasteiger partial charge in [0, 0.05) is 6.04 Å². The van der Waals surface area contributed by atoms with Crippen LogP contribution in [0.1, 0.15) is 20.8 Å². The van der Waals surface area contributed by atoms with E-state index in [1.165, 1.54) is 0 Å². The van der Waals surface area contributed by atoms with E-state index < -0.39 is 0 Å². The van der Waals surface area contributed by atoms with Gasteiger partial charge in [0.1, 0.15) is 0 Å². The Bertz CT molecular complexity index is 129. The average Bonchev–Trinajstić information content (AvgIpc) is 1.85. The first-order chi connectivity index (χ1) is 4.57. The van der Waals surface area contributed by atoms with E-state index in [1.807, 2.05) is 20.8 Å². The van der Waals surface area contributed by atoms with Crippen LogP contribution < -0.4 is 5.32 Å². The maximum atomic E-state index is 11.0. The van der Waals surface area contributed by atoms with Crippen molar-refractivity contribution in [2.45, 2.75) is 26.8 Å². The normalized spacial score (nSPS) is 12.8. The van der Waals surface area contributed by atoms with Crippen molar-refractivity contribution >= 4 is 5.91 Å². The van der Waals surface area contributed by atoms with Gasteiger partial charge in [-0.15, -0.1) is 6.58 Å². The number of amides is 1. The lowest BCUT2D eigenvalue weighted by Gasteiger charge is -2.10. The third-order valence-electron chi connectivity index (χ3n) is 1.20. The molecule has 1 amide bonds. The second-order valence-corrected chi connectivity index (χ2v) is 2.69. The number of carbonyl (C=O) groups is 1. The predicted octanol–water partition coefficient (Wildman–Crippen LogP) is 1.33. The van der Waals surface area contributed by atoms with E-state index >= 15 is 0 Å². The van der Waals surface area contributed by atoms with E-state index in [0.717, 1.165) is 0 Å². The van der Waals surface area contributed by atoms with E-state index in [1.54, 1.807) is 6.08 Å². The molecule has 0 bridgehead atoms. The summed E-state index contributed by atoms with van der Waals surface area (Å²) in [6, 6.07) is 0.217. The van der Waals surface area contributed by atoms with Crippen LogP contribution in [0.15, 0.2) is 12.7 Å². The van der Waals surface area contributed by atoms with Crippen molar-refractivity contribution in [3.63, 3.8) is 0 Å². The molecule has 0 spiro atoms. The molecule has 1 atom stereocenters. The Morgan fingerprint density at radius 3 is 2.30 bits per heavy atom. The molecule has 0 saturated heterocycles. The Kier molecular flexibility index (Phi) is 3.77. The number of hydrogen-bond acceptors (Lipinski definition) is 1. The van der Waals surface area contributed by atoms with Crippen molar-refractivity contribution in [2.75, 3.05) is 0 Å². The molecule has 0 aromatic heterocycles. The zero-order valence-corrected chi connectivity index (χ0v) is 6.85. The zero-order valence-electron chi connectivity index (χ0n) is 6.85. The Balaban J connectivity index is 3.73. The topological polar surface area (TPSA) is 29.1 Å². The van der Waals surface area contributed by atoms with Gasteiger partial charge in [-0.25, -0.2) is 0 Å². The van der Waals surface area contributed by atoms with Crippen LogP contribution in [-0.4, -0.2) is 11.9 Å². The van der Waals surface area contributed by atoms with E-state index in [2.05, 4.69) is 11.9 Å². The maximum Gasteiger partial charge on any atom is 0.226 e. The molecule has 58 valence electrons. The summed E-state index contributed by atoms with van der Waals surface area (Å²) in [4.78, 5) is 11.0. The van der Waals surface area contributed by atoms with Gasteiger partial charge in [0.2, 0.25) is 5.91 Å². The average molecular weight is 141 g/mol. The van der Waals surface area contributed by atoms with E-state index in [-0.39, 0.29) is 17.9 Å². The van der Waals surface area contributed by atoms with Crippen molar-refractivity contribution in [2.24, 2.45) is 5.92 Å². The van der Waals surface area contributed by atoms with Crippen LogP contribution in [0.2, 0.25) is 0 Å². The number of nitrogens with one attached hydrogen (secondary N) is 1. The minimum atomic E-state index is -0.0811. The highest BCUT2D eigenvalue weighted by atomic mass is 16.1. The summed E-state index contributed by atoms with van der Waals surface area (Å²) < 4.78 is 0. The molecule has 0 heterocycles. The molecular weight excluding hydrogens is 126 g/mol. The molecule has 0 aliphatic rings. The highest BCUT2D eigenvalue weighted by Gasteiger charge is 2.08. The van der Waals surface area contributed by atoms with E-state index in [0.29, 0.717) is 0 Å². The Labute approximate surface area is 62.3 Å². The lowest BCUT2D eigenvalue weighted by molar-refractivity contribution is -0.123. The first-order valence-corrected chi connectivity index (χ1v) is 3.51. The minimum Gasteiger partial charge on any atom is -0.353 e. The molecule has 1 N–H and O–H groups in total. The summed E-state index contributed by atoms with van der Waals surface area (Å²) in [5.41, 5.74) is 0. The van der Waals surface area contributed by atoms with Crippen LogP contribution in [0.4, 0.5) is 0 Å². The Morgan fingerprint density at radius 1 is 1.50 bits per heavy atom. The van der Waals surface area contributed by atoms with E-state index in [9.17, 15) is 4.79 Å². The van der Waals surface area contributed by atoms with Gasteiger partial charge in [-0.3, -0.25) is 4.79 Å². The summed E-state index contributed by atoms with van der Waals surface area (Å²) in [6.07, 6.45) is 1.64. The summed E-state index contributed by atoms with van der Waals surface area (Å²) in [5.74, 6) is -0.0348. The van der Waals surface area contributed by atoms with Gasteiger partial charge in [0.15, 0.2) is 0 Å².